The molecule has 0 aromatic heterocycles. The van der Waals surface area contributed by atoms with Gasteiger partial charge in [0.15, 0.2) is 0 Å². The molecule has 2 aliphatic rings. The highest BCUT2D eigenvalue weighted by Crippen LogP contribution is 2.32. The second kappa shape index (κ2) is 9.18. The van der Waals surface area contributed by atoms with E-state index in [0.717, 1.165) is 4.90 Å². The Hall–Kier alpha value is -3.85. The summed E-state index contributed by atoms with van der Waals surface area (Å²) in [4.78, 5) is 52.6. The van der Waals surface area contributed by atoms with E-state index >= 15 is 0 Å². The van der Waals surface area contributed by atoms with Gasteiger partial charge in [-0.15, -0.1) is 0 Å². The van der Waals surface area contributed by atoms with Crippen LogP contribution in [0.2, 0.25) is 5.02 Å². The molecule has 1 fully saturated rings. The van der Waals surface area contributed by atoms with Crippen LogP contribution in [0, 0.1) is 0 Å². The average Bonchev–Trinajstić information content (AvgIpc) is 3.04. The first-order valence-corrected chi connectivity index (χ1v) is 11.0. The van der Waals surface area contributed by atoms with Crippen molar-refractivity contribution in [3.63, 3.8) is 0 Å². The van der Waals surface area contributed by atoms with Gasteiger partial charge in [0, 0.05) is 5.02 Å². The van der Waals surface area contributed by atoms with Gasteiger partial charge in [-0.1, -0.05) is 54.1 Å². The van der Waals surface area contributed by atoms with E-state index in [1.165, 1.54) is 0 Å². The average molecular weight is 483 g/mol. The predicted molar refractivity (Wildman–Crippen MR) is 124 cm³/mol. The molecule has 2 aliphatic heterocycles. The molecule has 2 unspecified atom stereocenters. The number of urea groups is 2. The summed E-state index contributed by atoms with van der Waals surface area (Å²) in [5, 5.41) is 8.50. The van der Waals surface area contributed by atoms with Crippen molar-refractivity contribution in [2.75, 3.05) is 13.2 Å². The smallest absolute Gasteiger partial charge is 0.338 e. The van der Waals surface area contributed by atoms with Crippen LogP contribution in [0.3, 0.4) is 0 Å². The molecule has 3 N–H and O–H groups in total. The Morgan fingerprint density at radius 1 is 1.09 bits per heavy atom. The summed E-state index contributed by atoms with van der Waals surface area (Å²) in [6, 6.07) is 13.4. The fourth-order valence-electron chi connectivity index (χ4n) is 4.06. The van der Waals surface area contributed by atoms with Crippen molar-refractivity contribution >= 4 is 35.5 Å². The standard InChI is InChI=1S/C24H23ClN4O5/c1-3-34-20(30)18-17(26-22(32)27-19(18)14-9-11-16(25)12-10-14)13-29-21(31)24(2,28-23(29)33)15-7-5-4-6-8-15/h4-12,19H,3,13H2,1-2H3,(H,28,33)(H2,26,27,32). The lowest BCUT2D eigenvalue weighted by Gasteiger charge is -2.30. The number of amides is 5. The van der Waals surface area contributed by atoms with Crippen molar-refractivity contribution in [2.45, 2.75) is 25.4 Å². The first-order chi connectivity index (χ1) is 16.2. The number of rotatable bonds is 6. The molecule has 2 aromatic rings. The van der Waals surface area contributed by atoms with Crippen LogP contribution >= 0.6 is 11.6 Å². The Bertz CT molecular complexity index is 1180. The molecule has 0 saturated carbocycles. The molecule has 10 heteroatoms. The minimum Gasteiger partial charge on any atom is -0.463 e. The zero-order valence-electron chi connectivity index (χ0n) is 18.6. The third-order valence-corrected chi connectivity index (χ3v) is 6.05. The van der Waals surface area contributed by atoms with E-state index in [4.69, 9.17) is 16.3 Å². The summed E-state index contributed by atoms with van der Waals surface area (Å²) in [7, 11) is 0. The monoisotopic (exact) mass is 482 g/mol. The number of benzene rings is 2. The molecule has 0 aliphatic carbocycles. The van der Waals surface area contributed by atoms with E-state index < -0.39 is 35.5 Å². The predicted octanol–water partition coefficient (Wildman–Crippen LogP) is 2.98. The Morgan fingerprint density at radius 2 is 1.76 bits per heavy atom. The van der Waals surface area contributed by atoms with Crippen LogP contribution in [0.4, 0.5) is 9.59 Å². The maximum atomic E-state index is 13.3. The third-order valence-electron chi connectivity index (χ3n) is 5.79. The number of carbonyl (C=O) groups is 4. The minimum absolute atomic E-state index is 0.0951. The Labute approximate surface area is 201 Å². The highest BCUT2D eigenvalue weighted by molar-refractivity contribution is 6.30. The van der Waals surface area contributed by atoms with Crippen molar-refractivity contribution in [2.24, 2.45) is 0 Å². The van der Waals surface area contributed by atoms with Gasteiger partial charge in [0.1, 0.15) is 5.54 Å². The molecule has 2 heterocycles. The van der Waals surface area contributed by atoms with Crippen LogP contribution in [0.5, 0.6) is 0 Å². The molecular formula is C24H23ClN4O5. The van der Waals surface area contributed by atoms with Crippen LogP contribution in [0.15, 0.2) is 65.9 Å². The lowest BCUT2D eigenvalue weighted by atomic mass is 9.92. The van der Waals surface area contributed by atoms with Crippen LogP contribution in [-0.4, -0.2) is 42.0 Å². The maximum absolute atomic E-state index is 13.3. The number of esters is 1. The molecule has 0 bridgehead atoms. The summed E-state index contributed by atoms with van der Waals surface area (Å²) < 4.78 is 5.23. The quantitative estimate of drug-likeness (QED) is 0.432. The van der Waals surface area contributed by atoms with Crippen LogP contribution in [-0.2, 0) is 19.9 Å². The van der Waals surface area contributed by atoms with Gasteiger partial charge in [-0.25, -0.2) is 14.4 Å². The lowest BCUT2D eigenvalue weighted by Crippen LogP contribution is -2.49. The normalized spacial score (nSPS) is 22.3. The summed E-state index contributed by atoms with van der Waals surface area (Å²) in [6.07, 6.45) is 0. The van der Waals surface area contributed by atoms with Crippen LogP contribution < -0.4 is 16.0 Å². The highest BCUT2D eigenvalue weighted by Gasteiger charge is 2.49. The zero-order chi connectivity index (χ0) is 24.5. The maximum Gasteiger partial charge on any atom is 0.338 e. The molecule has 5 amide bonds. The number of halogens is 1. The second-order valence-electron chi connectivity index (χ2n) is 8.01. The van der Waals surface area contributed by atoms with Crippen LogP contribution in [0.1, 0.15) is 31.0 Å². The molecule has 1 saturated heterocycles. The van der Waals surface area contributed by atoms with Gasteiger partial charge >= 0.3 is 18.0 Å². The van der Waals surface area contributed by atoms with Gasteiger partial charge in [-0.05, 0) is 37.1 Å². The number of hydrogen-bond donors (Lipinski definition) is 3. The van der Waals surface area contributed by atoms with Gasteiger partial charge in [-0.2, -0.15) is 0 Å². The van der Waals surface area contributed by atoms with E-state index in [2.05, 4.69) is 16.0 Å². The SMILES string of the molecule is CCOC(=O)C1=C(CN2C(=O)NC(C)(c3ccccc3)C2=O)NC(=O)NC1c1ccc(Cl)cc1. The molecule has 0 spiro atoms. The first-order valence-electron chi connectivity index (χ1n) is 10.7. The fourth-order valence-corrected chi connectivity index (χ4v) is 4.19. The Morgan fingerprint density at radius 3 is 2.41 bits per heavy atom. The molecule has 34 heavy (non-hydrogen) atoms. The number of nitrogens with zero attached hydrogens (tertiary/aromatic N) is 1. The zero-order valence-corrected chi connectivity index (χ0v) is 19.3. The summed E-state index contributed by atoms with van der Waals surface area (Å²) in [6.45, 7) is 3.05. The first kappa shape index (κ1) is 23.3. The Kier molecular flexibility index (Phi) is 6.30. The number of ether oxygens (including phenoxy) is 1. The molecule has 2 aromatic carbocycles. The van der Waals surface area contributed by atoms with Crippen molar-refractivity contribution < 1.29 is 23.9 Å². The minimum atomic E-state index is -1.28. The highest BCUT2D eigenvalue weighted by atomic mass is 35.5. The molecule has 9 nitrogen and oxygen atoms in total. The number of nitrogens with one attached hydrogen (secondary N) is 3. The van der Waals surface area contributed by atoms with Gasteiger partial charge in [0.2, 0.25) is 0 Å². The van der Waals surface area contributed by atoms with Gasteiger partial charge < -0.3 is 20.7 Å². The van der Waals surface area contributed by atoms with Gasteiger partial charge in [-0.3, -0.25) is 9.69 Å². The van der Waals surface area contributed by atoms with Gasteiger partial charge in [0.05, 0.1) is 30.5 Å². The molecule has 0 radical (unpaired) electrons. The van der Waals surface area contributed by atoms with Crippen molar-refractivity contribution in [1.82, 2.24) is 20.9 Å². The number of imide groups is 1. The largest absolute Gasteiger partial charge is 0.463 e. The van der Waals surface area contributed by atoms with E-state index in [1.54, 1.807) is 62.4 Å². The molecule has 176 valence electrons. The van der Waals surface area contributed by atoms with Crippen molar-refractivity contribution in [3.8, 4) is 0 Å². The van der Waals surface area contributed by atoms with Crippen molar-refractivity contribution in [3.05, 3.63) is 82.0 Å². The molecular weight excluding hydrogens is 460 g/mol. The van der Waals surface area contributed by atoms with E-state index in [0.29, 0.717) is 16.1 Å². The number of carbonyl (C=O) groups excluding carboxylic acids is 4. The lowest BCUT2D eigenvalue weighted by molar-refractivity contribution is -0.139. The topological polar surface area (TPSA) is 117 Å². The summed E-state index contributed by atoms with van der Waals surface area (Å²) in [5.74, 6) is -1.18. The number of hydrogen-bond acceptors (Lipinski definition) is 5. The third kappa shape index (κ3) is 4.22. The van der Waals surface area contributed by atoms with E-state index in [9.17, 15) is 19.2 Å². The summed E-state index contributed by atoms with van der Waals surface area (Å²) >= 11 is 5.99. The van der Waals surface area contributed by atoms with Crippen molar-refractivity contribution in [1.29, 1.82) is 0 Å². The Balaban J connectivity index is 1.73. The molecule has 4 rings (SSSR count). The fraction of sp³-hybridized carbons (Fsp3) is 0.250. The van der Waals surface area contributed by atoms with E-state index in [-0.39, 0.29) is 24.4 Å². The molecule has 2 atom stereocenters. The van der Waals surface area contributed by atoms with Gasteiger partial charge in [0.25, 0.3) is 5.91 Å². The van der Waals surface area contributed by atoms with Crippen LogP contribution in [0.25, 0.3) is 0 Å². The second-order valence-corrected chi connectivity index (χ2v) is 8.44. The van der Waals surface area contributed by atoms with E-state index in [1.807, 2.05) is 6.07 Å². The summed E-state index contributed by atoms with van der Waals surface area (Å²) in [5.41, 5.74) is 0.116.